The van der Waals surface area contributed by atoms with Crippen molar-refractivity contribution >= 4 is 17.5 Å². The second-order valence-electron chi connectivity index (χ2n) is 5.95. The average Bonchev–Trinajstić information content (AvgIpc) is 2.55. The maximum atomic E-state index is 11.9. The summed E-state index contributed by atoms with van der Waals surface area (Å²) in [5, 5.41) is 14.1. The third-order valence-corrected chi connectivity index (χ3v) is 3.44. The Morgan fingerprint density at radius 2 is 1.74 bits per heavy atom. The number of hydrogen-bond acceptors (Lipinski definition) is 4. The molecule has 0 unspecified atom stereocenters. The van der Waals surface area contributed by atoms with Crippen molar-refractivity contribution in [2.45, 2.75) is 33.1 Å². The van der Waals surface area contributed by atoms with Crippen LogP contribution < -0.4 is 10.6 Å². The highest BCUT2D eigenvalue weighted by molar-refractivity contribution is 5.89. The lowest BCUT2D eigenvalue weighted by Gasteiger charge is -2.08. The molecule has 0 saturated carbocycles. The Hall–Kier alpha value is -2.43. The molecule has 5 heteroatoms. The van der Waals surface area contributed by atoms with E-state index in [1.54, 1.807) is 6.07 Å². The van der Waals surface area contributed by atoms with E-state index < -0.39 is 0 Å². The SMILES string of the molecule is CC(C)CCNc1ccc(NC(=O)CCc2ccccc2)nn1. The molecule has 0 saturated heterocycles. The monoisotopic (exact) mass is 312 g/mol. The van der Waals surface area contributed by atoms with Crippen molar-refractivity contribution in [3.63, 3.8) is 0 Å². The summed E-state index contributed by atoms with van der Waals surface area (Å²) in [7, 11) is 0. The maximum absolute atomic E-state index is 11.9. The van der Waals surface area contributed by atoms with Crippen LogP contribution in [-0.2, 0) is 11.2 Å². The van der Waals surface area contributed by atoms with Gasteiger partial charge in [0.1, 0.15) is 5.82 Å². The van der Waals surface area contributed by atoms with Gasteiger partial charge < -0.3 is 10.6 Å². The number of aromatic nitrogens is 2. The number of amides is 1. The minimum Gasteiger partial charge on any atom is -0.369 e. The molecule has 5 nitrogen and oxygen atoms in total. The minimum atomic E-state index is -0.0522. The van der Waals surface area contributed by atoms with E-state index in [0.717, 1.165) is 30.8 Å². The molecule has 0 spiro atoms. The largest absolute Gasteiger partial charge is 0.369 e. The predicted octanol–water partition coefficient (Wildman–Crippen LogP) is 3.51. The quantitative estimate of drug-likeness (QED) is 0.783. The van der Waals surface area contributed by atoms with Gasteiger partial charge in [-0.05, 0) is 36.5 Å². The molecule has 1 heterocycles. The molecular formula is C18H24N4O. The highest BCUT2D eigenvalue weighted by atomic mass is 16.1. The van der Waals surface area contributed by atoms with Gasteiger partial charge in [-0.15, -0.1) is 10.2 Å². The van der Waals surface area contributed by atoms with E-state index in [9.17, 15) is 4.79 Å². The van der Waals surface area contributed by atoms with Crippen LogP contribution in [-0.4, -0.2) is 22.6 Å². The summed E-state index contributed by atoms with van der Waals surface area (Å²) in [6, 6.07) is 13.6. The summed E-state index contributed by atoms with van der Waals surface area (Å²) in [6.07, 6.45) is 2.23. The summed E-state index contributed by atoms with van der Waals surface area (Å²) >= 11 is 0. The second kappa shape index (κ2) is 8.88. The fourth-order valence-corrected chi connectivity index (χ4v) is 2.09. The standard InChI is InChI=1S/C18H24N4O/c1-14(2)12-13-19-16-9-10-17(22-21-16)20-18(23)11-8-15-6-4-3-5-7-15/h3-7,9-10,14H,8,11-13H2,1-2H3,(H,19,21)(H,20,22,23). The molecule has 0 radical (unpaired) electrons. The van der Waals surface area contributed by atoms with Gasteiger partial charge in [-0.1, -0.05) is 44.2 Å². The van der Waals surface area contributed by atoms with Crippen molar-refractivity contribution in [2.24, 2.45) is 5.92 Å². The molecule has 2 aromatic rings. The van der Waals surface area contributed by atoms with Crippen molar-refractivity contribution in [1.29, 1.82) is 0 Å². The molecule has 0 bridgehead atoms. The maximum Gasteiger partial charge on any atom is 0.225 e. The van der Waals surface area contributed by atoms with Crippen LogP contribution in [0.3, 0.4) is 0 Å². The van der Waals surface area contributed by atoms with Crippen LogP contribution in [0.4, 0.5) is 11.6 Å². The van der Waals surface area contributed by atoms with Crippen molar-refractivity contribution in [3.8, 4) is 0 Å². The third-order valence-electron chi connectivity index (χ3n) is 3.44. The van der Waals surface area contributed by atoms with Gasteiger partial charge in [-0.25, -0.2) is 0 Å². The van der Waals surface area contributed by atoms with Crippen LogP contribution in [0.5, 0.6) is 0 Å². The van der Waals surface area contributed by atoms with Crippen LogP contribution in [0.25, 0.3) is 0 Å². The molecule has 0 aliphatic heterocycles. The van der Waals surface area contributed by atoms with Gasteiger partial charge in [0.15, 0.2) is 5.82 Å². The number of hydrogen-bond donors (Lipinski definition) is 2. The zero-order valence-corrected chi connectivity index (χ0v) is 13.7. The normalized spacial score (nSPS) is 10.6. The first-order valence-electron chi connectivity index (χ1n) is 8.05. The number of benzene rings is 1. The molecule has 1 aromatic heterocycles. The number of rotatable bonds is 8. The summed E-state index contributed by atoms with van der Waals surface area (Å²) in [6.45, 7) is 5.23. The Morgan fingerprint density at radius 3 is 2.39 bits per heavy atom. The number of anilines is 2. The van der Waals surface area contributed by atoms with Gasteiger partial charge in [0.2, 0.25) is 5.91 Å². The summed E-state index contributed by atoms with van der Waals surface area (Å²) in [5.41, 5.74) is 1.15. The van der Waals surface area contributed by atoms with E-state index in [4.69, 9.17) is 0 Å². The van der Waals surface area contributed by atoms with E-state index in [0.29, 0.717) is 18.2 Å². The first kappa shape index (κ1) is 16.9. The first-order chi connectivity index (χ1) is 11.1. The summed E-state index contributed by atoms with van der Waals surface area (Å²) < 4.78 is 0. The van der Waals surface area contributed by atoms with Crippen molar-refractivity contribution in [2.75, 3.05) is 17.2 Å². The Balaban J connectivity index is 1.75. The third kappa shape index (κ3) is 6.46. The molecule has 0 aliphatic rings. The number of carbonyl (C=O) groups is 1. The molecule has 0 aliphatic carbocycles. The van der Waals surface area contributed by atoms with Crippen LogP contribution >= 0.6 is 0 Å². The minimum absolute atomic E-state index is 0.0522. The fraction of sp³-hybridized carbons (Fsp3) is 0.389. The first-order valence-corrected chi connectivity index (χ1v) is 8.05. The van der Waals surface area contributed by atoms with Gasteiger partial charge in [0, 0.05) is 13.0 Å². The van der Waals surface area contributed by atoms with Gasteiger partial charge in [-0.2, -0.15) is 0 Å². The summed E-state index contributed by atoms with van der Waals surface area (Å²) in [4.78, 5) is 11.9. The van der Waals surface area contributed by atoms with Gasteiger partial charge in [0.05, 0.1) is 0 Å². The zero-order chi connectivity index (χ0) is 16.5. The van der Waals surface area contributed by atoms with Crippen LogP contribution in [0.2, 0.25) is 0 Å². The topological polar surface area (TPSA) is 66.9 Å². The van der Waals surface area contributed by atoms with E-state index in [2.05, 4.69) is 34.7 Å². The lowest BCUT2D eigenvalue weighted by Crippen LogP contribution is -2.14. The molecule has 1 aromatic carbocycles. The number of nitrogens with zero attached hydrogens (tertiary/aromatic N) is 2. The smallest absolute Gasteiger partial charge is 0.225 e. The number of aryl methyl sites for hydroxylation is 1. The van der Waals surface area contributed by atoms with E-state index >= 15 is 0 Å². The van der Waals surface area contributed by atoms with Gasteiger partial charge in [-0.3, -0.25) is 4.79 Å². The second-order valence-corrected chi connectivity index (χ2v) is 5.95. The Kier molecular flexibility index (Phi) is 6.54. The van der Waals surface area contributed by atoms with Crippen LogP contribution in [0.15, 0.2) is 42.5 Å². The molecular weight excluding hydrogens is 288 g/mol. The van der Waals surface area contributed by atoms with Crippen molar-refractivity contribution in [3.05, 3.63) is 48.0 Å². The lowest BCUT2D eigenvalue weighted by atomic mass is 10.1. The van der Waals surface area contributed by atoms with Crippen molar-refractivity contribution < 1.29 is 4.79 Å². The molecule has 0 atom stereocenters. The van der Waals surface area contributed by atoms with E-state index in [1.807, 2.05) is 36.4 Å². The van der Waals surface area contributed by atoms with E-state index in [1.165, 1.54) is 0 Å². The molecule has 122 valence electrons. The number of nitrogens with one attached hydrogen (secondary N) is 2. The number of carbonyl (C=O) groups excluding carboxylic acids is 1. The van der Waals surface area contributed by atoms with E-state index in [-0.39, 0.29) is 5.91 Å². The molecule has 2 rings (SSSR count). The molecule has 23 heavy (non-hydrogen) atoms. The highest BCUT2D eigenvalue weighted by Crippen LogP contribution is 2.09. The van der Waals surface area contributed by atoms with Crippen molar-refractivity contribution in [1.82, 2.24) is 10.2 Å². The highest BCUT2D eigenvalue weighted by Gasteiger charge is 2.05. The Labute approximate surface area is 137 Å². The Morgan fingerprint density at radius 1 is 1.04 bits per heavy atom. The van der Waals surface area contributed by atoms with Gasteiger partial charge in [0.25, 0.3) is 0 Å². The van der Waals surface area contributed by atoms with Crippen LogP contribution in [0.1, 0.15) is 32.3 Å². The average molecular weight is 312 g/mol. The lowest BCUT2D eigenvalue weighted by molar-refractivity contribution is -0.116. The van der Waals surface area contributed by atoms with Gasteiger partial charge >= 0.3 is 0 Å². The Bertz CT molecular complexity index is 596. The fourth-order valence-electron chi connectivity index (χ4n) is 2.09. The molecule has 2 N–H and O–H groups in total. The predicted molar refractivity (Wildman–Crippen MR) is 93.4 cm³/mol. The molecule has 1 amide bonds. The van der Waals surface area contributed by atoms with Crippen LogP contribution in [0, 0.1) is 5.92 Å². The summed E-state index contributed by atoms with van der Waals surface area (Å²) in [5.74, 6) is 1.81. The zero-order valence-electron chi connectivity index (χ0n) is 13.7. The molecule has 0 fully saturated rings.